The lowest BCUT2D eigenvalue weighted by Gasteiger charge is -2.09. The second-order valence-electron chi connectivity index (χ2n) is 3.64. The fourth-order valence-electron chi connectivity index (χ4n) is 1.48. The summed E-state index contributed by atoms with van der Waals surface area (Å²) >= 11 is 20.9. The van der Waals surface area contributed by atoms with Crippen molar-refractivity contribution in [1.29, 1.82) is 0 Å². The average molecular weight is 415 g/mol. The second-order valence-corrected chi connectivity index (χ2v) is 7.47. The number of halogens is 4. The first-order valence-corrected chi connectivity index (χ1v) is 8.05. The molecule has 0 aliphatic rings. The Kier molecular flexibility index (Phi) is 4.59. The van der Waals surface area contributed by atoms with E-state index in [1.807, 2.05) is 18.2 Å². The highest BCUT2D eigenvalue weighted by molar-refractivity contribution is 9.10. The van der Waals surface area contributed by atoms with E-state index in [-0.39, 0.29) is 5.38 Å². The Hall–Kier alpha value is 0.460. The number of rotatable bonds is 2. The fraction of sp³-hybridized carbons (Fsp3) is 0.167. The molecule has 0 N–H and O–H groups in total. The number of benzene rings is 1. The number of hydrogen-bond donors (Lipinski definition) is 0. The smallest absolute Gasteiger partial charge is 0.107 e. The molecule has 0 spiro atoms. The van der Waals surface area contributed by atoms with Gasteiger partial charge in [-0.15, -0.1) is 22.9 Å². The Morgan fingerprint density at radius 2 is 1.88 bits per heavy atom. The van der Waals surface area contributed by atoms with Crippen molar-refractivity contribution < 1.29 is 0 Å². The van der Waals surface area contributed by atoms with E-state index in [0.717, 1.165) is 23.7 Å². The minimum atomic E-state index is -0.157. The molecule has 1 unspecified atom stereocenters. The van der Waals surface area contributed by atoms with Gasteiger partial charge in [0.1, 0.15) is 4.34 Å². The first kappa shape index (κ1) is 13.9. The Labute approximate surface area is 131 Å². The summed E-state index contributed by atoms with van der Waals surface area (Å²) in [6, 6.07) is 8.10. The number of alkyl halides is 1. The highest BCUT2D eigenvalue weighted by Gasteiger charge is 2.16. The quantitative estimate of drug-likeness (QED) is 0.488. The van der Waals surface area contributed by atoms with E-state index in [1.54, 1.807) is 0 Å². The third-order valence-electron chi connectivity index (χ3n) is 2.39. The molecule has 0 amide bonds. The number of aryl methyl sites for hydroxylation is 1. The van der Waals surface area contributed by atoms with E-state index in [2.05, 4.69) is 44.8 Å². The van der Waals surface area contributed by atoms with Crippen LogP contribution in [0.2, 0.25) is 4.34 Å². The Morgan fingerprint density at radius 3 is 2.41 bits per heavy atom. The number of thiophene rings is 1. The first-order valence-electron chi connectivity index (χ1n) is 4.84. The van der Waals surface area contributed by atoms with Gasteiger partial charge in [-0.3, -0.25) is 0 Å². The normalized spacial score (nSPS) is 12.8. The lowest BCUT2D eigenvalue weighted by atomic mass is 10.1. The molecule has 5 heteroatoms. The third kappa shape index (κ3) is 3.07. The SMILES string of the molecule is Cc1cc(C(Cl)c2cc(Br)c(Cl)s2)ccc1Br. The van der Waals surface area contributed by atoms with Crippen molar-refractivity contribution in [2.45, 2.75) is 12.3 Å². The van der Waals surface area contributed by atoms with Crippen LogP contribution in [0.5, 0.6) is 0 Å². The van der Waals surface area contributed by atoms with Crippen LogP contribution < -0.4 is 0 Å². The Bertz CT molecular complexity index is 532. The molecule has 2 rings (SSSR count). The van der Waals surface area contributed by atoms with Gasteiger partial charge in [0, 0.05) is 13.8 Å². The van der Waals surface area contributed by atoms with Gasteiger partial charge in [-0.2, -0.15) is 0 Å². The average Bonchev–Trinajstić information content (AvgIpc) is 2.62. The van der Waals surface area contributed by atoms with E-state index < -0.39 is 0 Å². The van der Waals surface area contributed by atoms with Crippen molar-refractivity contribution in [1.82, 2.24) is 0 Å². The second kappa shape index (κ2) is 5.62. The Morgan fingerprint density at radius 1 is 1.18 bits per heavy atom. The largest absolute Gasteiger partial charge is 0.125 e. The zero-order valence-electron chi connectivity index (χ0n) is 8.81. The van der Waals surface area contributed by atoms with Gasteiger partial charge in [-0.1, -0.05) is 39.7 Å². The van der Waals surface area contributed by atoms with E-state index in [1.165, 1.54) is 16.9 Å². The van der Waals surface area contributed by atoms with Crippen LogP contribution in [0.4, 0.5) is 0 Å². The van der Waals surface area contributed by atoms with Crippen molar-refractivity contribution in [2.24, 2.45) is 0 Å². The minimum Gasteiger partial charge on any atom is -0.125 e. The Balaban J connectivity index is 2.36. The predicted molar refractivity (Wildman–Crippen MR) is 83.6 cm³/mol. The van der Waals surface area contributed by atoms with Gasteiger partial charge in [-0.05, 0) is 46.1 Å². The molecule has 0 aliphatic heterocycles. The maximum Gasteiger partial charge on any atom is 0.107 e. The van der Waals surface area contributed by atoms with E-state index in [4.69, 9.17) is 23.2 Å². The van der Waals surface area contributed by atoms with Crippen LogP contribution in [-0.2, 0) is 0 Å². The zero-order valence-corrected chi connectivity index (χ0v) is 14.3. The van der Waals surface area contributed by atoms with Crippen LogP contribution in [0.1, 0.15) is 21.4 Å². The summed E-state index contributed by atoms with van der Waals surface area (Å²) in [7, 11) is 0. The topological polar surface area (TPSA) is 0 Å². The molecule has 0 aliphatic carbocycles. The molecule has 2 aromatic rings. The van der Waals surface area contributed by atoms with Gasteiger partial charge in [-0.25, -0.2) is 0 Å². The standard InChI is InChI=1S/C12H8Br2Cl2S/c1-6-4-7(2-3-8(6)13)11(15)10-5-9(14)12(16)17-10/h2-5,11H,1H3. The molecule has 1 aromatic heterocycles. The van der Waals surface area contributed by atoms with Gasteiger partial charge in [0.05, 0.1) is 5.38 Å². The summed E-state index contributed by atoms with van der Waals surface area (Å²) in [5.74, 6) is 0. The highest BCUT2D eigenvalue weighted by Crippen LogP contribution is 2.40. The van der Waals surface area contributed by atoms with Gasteiger partial charge < -0.3 is 0 Å². The van der Waals surface area contributed by atoms with Crippen LogP contribution in [0.25, 0.3) is 0 Å². The van der Waals surface area contributed by atoms with Gasteiger partial charge >= 0.3 is 0 Å². The van der Waals surface area contributed by atoms with Crippen molar-refractivity contribution >= 4 is 66.4 Å². The van der Waals surface area contributed by atoms with E-state index in [9.17, 15) is 0 Å². The van der Waals surface area contributed by atoms with Crippen LogP contribution in [-0.4, -0.2) is 0 Å². The molecule has 0 bridgehead atoms. The molecule has 90 valence electrons. The van der Waals surface area contributed by atoms with E-state index in [0.29, 0.717) is 0 Å². The molecule has 1 aromatic carbocycles. The molecule has 1 atom stereocenters. The van der Waals surface area contributed by atoms with Crippen molar-refractivity contribution in [2.75, 3.05) is 0 Å². The molecular formula is C12H8Br2Cl2S. The van der Waals surface area contributed by atoms with E-state index >= 15 is 0 Å². The molecule has 0 radical (unpaired) electrons. The van der Waals surface area contributed by atoms with Crippen molar-refractivity contribution in [3.05, 3.63) is 53.6 Å². The lowest BCUT2D eigenvalue weighted by Crippen LogP contribution is -1.91. The monoisotopic (exact) mass is 412 g/mol. The van der Waals surface area contributed by atoms with Crippen molar-refractivity contribution in [3.8, 4) is 0 Å². The zero-order chi connectivity index (χ0) is 12.6. The van der Waals surface area contributed by atoms with Gasteiger partial charge in [0.25, 0.3) is 0 Å². The maximum absolute atomic E-state index is 6.46. The van der Waals surface area contributed by atoms with Gasteiger partial charge in [0.15, 0.2) is 0 Å². The summed E-state index contributed by atoms with van der Waals surface area (Å²) in [6.45, 7) is 2.05. The summed E-state index contributed by atoms with van der Waals surface area (Å²) < 4.78 is 2.73. The molecule has 0 nitrogen and oxygen atoms in total. The van der Waals surface area contributed by atoms with Crippen LogP contribution in [0, 0.1) is 6.92 Å². The molecule has 17 heavy (non-hydrogen) atoms. The molecule has 0 saturated carbocycles. The lowest BCUT2D eigenvalue weighted by molar-refractivity contribution is 1.17. The van der Waals surface area contributed by atoms with Crippen molar-refractivity contribution in [3.63, 3.8) is 0 Å². The third-order valence-corrected chi connectivity index (χ3v) is 6.43. The van der Waals surface area contributed by atoms with Crippen LogP contribution >= 0.6 is 66.4 Å². The molecule has 0 saturated heterocycles. The maximum atomic E-state index is 6.46. The minimum absolute atomic E-state index is 0.157. The summed E-state index contributed by atoms with van der Waals surface area (Å²) in [4.78, 5) is 1.05. The number of hydrogen-bond acceptors (Lipinski definition) is 1. The van der Waals surface area contributed by atoms with Crippen LogP contribution in [0.15, 0.2) is 33.2 Å². The molecule has 1 heterocycles. The molecular weight excluding hydrogens is 407 g/mol. The van der Waals surface area contributed by atoms with Crippen LogP contribution in [0.3, 0.4) is 0 Å². The summed E-state index contributed by atoms with van der Waals surface area (Å²) in [5.41, 5.74) is 2.26. The first-order chi connectivity index (χ1) is 7.99. The predicted octanol–water partition coefficient (Wildman–Crippen LogP) is 6.56. The molecule has 0 fully saturated rings. The summed E-state index contributed by atoms with van der Waals surface area (Å²) in [6.07, 6.45) is 0. The summed E-state index contributed by atoms with van der Waals surface area (Å²) in [5, 5.41) is -0.157. The fourth-order valence-corrected chi connectivity index (χ4v) is 3.80. The highest BCUT2D eigenvalue weighted by atomic mass is 79.9. The van der Waals surface area contributed by atoms with Gasteiger partial charge in [0.2, 0.25) is 0 Å².